The highest BCUT2D eigenvalue weighted by Gasteiger charge is 2.15. The zero-order valence-electron chi connectivity index (χ0n) is 14.5. The second-order valence-electron chi connectivity index (χ2n) is 5.85. The van der Waals surface area contributed by atoms with Crippen molar-refractivity contribution in [1.29, 1.82) is 0 Å². The molecule has 0 atom stereocenters. The first-order valence-electron chi connectivity index (χ1n) is 8.42. The molecule has 0 fully saturated rings. The predicted molar refractivity (Wildman–Crippen MR) is 102 cm³/mol. The Morgan fingerprint density at radius 2 is 1.92 bits per heavy atom. The lowest BCUT2D eigenvalue weighted by molar-refractivity contribution is 0.103. The van der Waals surface area contributed by atoms with Gasteiger partial charge in [0.25, 0.3) is 5.91 Å². The Morgan fingerprint density at radius 3 is 2.60 bits per heavy atom. The number of anilines is 1. The summed E-state index contributed by atoms with van der Waals surface area (Å²) >= 11 is 1.46. The first-order chi connectivity index (χ1) is 12.2. The van der Waals surface area contributed by atoms with Gasteiger partial charge in [-0.2, -0.15) is 0 Å². The molecular weight excluding hydrogens is 330 g/mol. The molecule has 25 heavy (non-hydrogen) atoms. The minimum absolute atomic E-state index is 0.0941. The Kier molecular flexibility index (Phi) is 5.56. The van der Waals surface area contributed by atoms with E-state index in [0.717, 1.165) is 41.3 Å². The minimum atomic E-state index is -0.0941. The van der Waals surface area contributed by atoms with Crippen LogP contribution in [0.15, 0.2) is 48.7 Å². The van der Waals surface area contributed by atoms with Crippen LogP contribution in [0.1, 0.15) is 38.6 Å². The van der Waals surface area contributed by atoms with Crippen molar-refractivity contribution in [3.8, 4) is 0 Å². The fourth-order valence-electron chi connectivity index (χ4n) is 2.56. The summed E-state index contributed by atoms with van der Waals surface area (Å²) in [5, 5.41) is 3.92. The maximum atomic E-state index is 12.5. The van der Waals surface area contributed by atoms with E-state index in [1.807, 2.05) is 49.4 Å². The van der Waals surface area contributed by atoms with Gasteiger partial charge >= 0.3 is 0 Å². The number of carbonyl (C=O) groups is 1. The van der Waals surface area contributed by atoms with Gasteiger partial charge in [-0.05, 0) is 49.6 Å². The first-order valence-corrected chi connectivity index (χ1v) is 9.24. The van der Waals surface area contributed by atoms with E-state index in [-0.39, 0.29) is 5.91 Å². The summed E-state index contributed by atoms with van der Waals surface area (Å²) < 4.78 is 0. The summed E-state index contributed by atoms with van der Waals surface area (Å²) in [6.07, 6.45) is 4.40. The number of carbonyl (C=O) groups excluding carboxylic acids is 1. The van der Waals surface area contributed by atoms with Crippen LogP contribution in [0, 0.1) is 6.92 Å². The predicted octanol–water partition coefficient (Wildman–Crippen LogP) is 4.45. The Labute approximate surface area is 152 Å². The van der Waals surface area contributed by atoms with Gasteiger partial charge in [-0.3, -0.25) is 9.78 Å². The summed E-state index contributed by atoms with van der Waals surface area (Å²) in [6, 6.07) is 13.9. The highest BCUT2D eigenvalue weighted by atomic mass is 32.1. The molecule has 0 saturated heterocycles. The average Bonchev–Trinajstić information content (AvgIpc) is 3.02. The second-order valence-corrected chi connectivity index (χ2v) is 6.93. The minimum Gasteiger partial charge on any atom is -0.321 e. The molecule has 1 aromatic carbocycles. The van der Waals surface area contributed by atoms with E-state index in [1.54, 1.807) is 6.20 Å². The summed E-state index contributed by atoms with van der Waals surface area (Å²) in [5.74, 6) is -0.0941. The molecule has 0 aliphatic carbocycles. The van der Waals surface area contributed by atoms with Crippen molar-refractivity contribution in [3.05, 3.63) is 75.5 Å². The lowest BCUT2D eigenvalue weighted by Crippen LogP contribution is -2.11. The van der Waals surface area contributed by atoms with E-state index in [2.05, 4.69) is 22.2 Å². The fraction of sp³-hybridized carbons (Fsp3) is 0.250. The second kappa shape index (κ2) is 8.03. The van der Waals surface area contributed by atoms with Gasteiger partial charge in [0.15, 0.2) is 0 Å². The summed E-state index contributed by atoms with van der Waals surface area (Å²) in [6.45, 7) is 4.00. The van der Waals surface area contributed by atoms with Crippen LogP contribution in [0.5, 0.6) is 0 Å². The number of thiazole rings is 1. The van der Waals surface area contributed by atoms with Gasteiger partial charge in [-0.25, -0.2) is 4.98 Å². The van der Waals surface area contributed by atoms with Crippen LogP contribution < -0.4 is 5.32 Å². The van der Waals surface area contributed by atoms with Crippen LogP contribution in [-0.2, 0) is 19.3 Å². The van der Waals surface area contributed by atoms with Gasteiger partial charge < -0.3 is 5.32 Å². The third-order valence-electron chi connectivity index (χ3n) is 3.99. The zero-order chi connectivity index (χ0) is 17.6. The number of nitrogens with one attached hydrogen (secondary N) is 1. The molecule has 0 saturated carbocycles. The van der Waals surface area contributed by atoms with E-state index in [4.69, 9.17) is 0 Å². The Balaban J connectivity index is 1.65. The highest BCUT2D eigenvalue weighted by molar-refractivity contribution is 7.13. The number of aryl methyl sites for hydroxylation is 4. The smallest absolute Gasteiger partial charge is 0.267 e. The molecule has 0 spiro atoms. The van der Waals surface area contributed by atoms with Crippen LogP contribution in [0.2, 0.25) is 0 Å². The molecule has 4 nitrogen and oxygen atoms in total. The molecule has 2 aromatic heterocycles. The van der Waals surface area contributed by atoms with Crippen LogP contribution in [0.4, 0.5) is 5.69 Å². The van der Waals surface area contributed by atoms with Crippen molar-refractivity contribution in [2.45, 2.75) is 33.1 Å². The number of aromatic nitrogens is 2. The molecular formula is C20H21N3OS. The zero-order valence-corrected chi connectivity index (χ0v) is 15.3. The van der Waals surface area contributed by atoms with Gasteiger partial charge in [0, 0.05) is 24.0 Å². The van der Waals surface area contributed by atoms with E-state index in [0.29, 0.717) is 4.88 Å². The molecule has 3 aromatic rings. The molecule has 5 heteroatoms. The number of rotatable bonds is 6. The van der Waals surface area contributed by atoms with Crippen LogP contribution >= 0.6 is 11.3 Å². The largest absolute Gasteiger partial charge is 0.321 e. The third-order valence-corrected chi connectivity index (χ3v) is 5.20. The Hall–Kier alpha value is -2.53. The lowest BCUT2D eigenvalue weighted by Gasteiger charge is -2.05. The van der Waals surface area contributed by atoms with Crippen molar-refractivity contribution in [1.82, 2.24) is 9.97 Å². The van der Waals surface area contributed by atoms with Crippen LogP contribution in [0.25, 0.3) is 0 Å². The number of amides is 1. The number of benzene rings is 1. The molecule has 128 valence electrons. The highest BCUT2D eigenvalue weighted by Crippen LogP contribution is 2.21. The molecule has 0 radical (unpaired) electrons. The van der Waals surface area contributed by atoms with Crippen LogP contribution in [0.3, 0.4) is 0 Å². The van der Waals surface area contributed by atoms with Crippen molar-refractivity contribution in [2.75, 3.05) is 5.32 Å². The summed E-state index contributed by atoms with van der Waals surface area (Å²) in [7, 11) is 0. The normalized spacial score (nSPS) is 10.6. The SMILES string of the molecule is CCc1ccc(NC(=O)c2sc(CCc3ccccn3)nc2C)cc1. The number of hydrogen-bond acceptors (Lipinski definition) is 4. The van der Waals surface area contributed by atoms with Gasteiger partial charge in [-0.15, -0.1) is 11.3 Å². The maximum Gasteiger partial charge on any atom is 0.267 e. The molecule has 1 N–H and O–H groups in total. The average molecular weight is 351 g/mol. The van der Waals surface area contributed by atoms with E-state index in [9.17, 15) is 4.79 Å². The van der Waals surface area contributed by atoms with Crippen molar-refractivity contribution in [2.24, 2.45) is 0 Å². The van der Waals surface area contributed by atoms with Crippen LogP contribution in [-0.4, -0.2) is 15.9 Å². The molecule has 0 aliphatic heterocycles. The summed E-state index contributed by atoms with van der Waals surface area (Å²) in [5.41, 5.74) is 3.88. The number of pyridine rings is 1. The topological polar surface area (TPSA) is 54.9 Å². The molecule has 2 heterocycles. The van der Waals surface area contributed by atoms with Crippen molar-refractivity contribution >= 4 is 22.9 Å². The monoisotopic (exact) mass is 351 g/mol. The molecule has 1 amide bonds. The fourth-order valence-corrected chi connectivity index (χ4v) is 3.52. The standard InChI is InChI=1S/C20H21N3OS/c1-3-15-7-9-17(10-8-15)23-20(24)19-14(2)22-18(25-19)12-11-16-6-4-5-13-21-16/h4-10,13H,3,11-12H2,1-2H3,(H,23,24). The van der Waals surface area contributed by atoms with Gasteiger partial charge in [-0.1, -0.05) is 25.1 Å². The number of hydrogen-bond donors (Lipinski definition) is 1. The Bertz CT molecular complexity index is 841. The Morgan fingerprint density at radius 1 is 1.12 bits per heavy atom. The van der Waals surface area contributed by atoms with E-state index < -0.39 is 0 Å². The molecule has 0 aliphatic rings. The van der Waals surface area contributed by atoms with Crippen molar-refractivity contribution < 1.29 is 4.79 Å². The van der Waals surface area contributed by atoms with Gasteiger partial charge in [0.2, 0.25) is 0 Å². The van der Waals surface area contributed by atoms with Crippen molar-refractivity contribution in [3.63, 3.8) is 0 Å². The van der Waals surface area contributed by atoms with Gasteiger partial charge in [0.1, 0.15) is 4.88 Å². The van der Waals surface area contributed by atoms with Gasteiger partial charge in [0.05, 0.1) is 10.7 Å². The maximum absolute atomic E-state index is 12.5. The molecule has 0 bridgehead atoms. The lowest BCUT2D eigenvalue weighted by atomic mass is 10.1. The quantitative estimate of drug-likeness (QED) is 0.714. The third kappa shape index (κ3) is 4.51. The molecule has 0 unspecified atom stereocenters. The molecule has 3 rings (SSSR count). The van der Waals surface area contributed by atoms with E-state index >= 15 is 0 Å². The first kappa shape index (κ1) is 17.3. The van der Waals surface area contributed by atoms with E-state index in [1.165, 1.54) is 16.9 Å². The number of nitrogens with zero attached hydrogens (tertiary/aromatic N) is 2. The summed E-state index contributed by atoms with van der Waals surface area (Å²) in [4.78, 5) is 22.1.